The van der Waals surface area contributed by atoms with Crippen LogP contribution in [0.15, 0.2) is 40.8 Å². The highest BCUT2D eigenvalue weighted by Gasteiger charge is 2.33. The van der Waals surface area contributed by atoms with E-state index in [1.807, 2.05) is 37.3 Å². The first-order valence-corrected chi connectivity index (χ1v) is 8.38. The molecule has 0 aliphatic carbocycles. The Hall–Kier alpha value is -2.07. The molecule has 0 radical (unpaired) electrons. The van der Waals surface area contributed by atoms with E-state index in [1.54, 1.807) is 6.07 Å². The van der Waals surface area contributed by atoms with Gasteiger partial charge >= 0.3 is 0 Å². The summed E-state index contributed by atoms with van der Waals surface area (Å²) in [7, 11) is 0. The number of carbonyl (C=O) groups excluding carboxylic acids is 1. The minimum atomic E-state index is -0.0997. The van der Waals surface area contributed by atoms with Crippen molar-refractivity contribution in [3.63, 3.8) is 0 Å². The van der Waals surface area contributed by atoms with Crippen molar-refractivity contribution in [3.8, 4) is 11.3 Å². The van der Waals surface area contributed by atoms with Crippen molar-refractivity contribution in [1.82, 2.24) is 10.2 Å². The van der Waals surface area contributed by atoms with E-state index in [9.17, 15) is 4.79 Å². The second-order valence-electron chi connectivity index (χ2n) is 6.80. The molecule has 2 fully saturated rings. The van der Waals surface area contributed by atoms with Crippen LogP contribution in [0.5, 0.6) is 0 Å². The second kappa shape index (κ2) is 5.85. The highest BCUT2D eigenvalue weighted by Crippen LogP contribution is 2.28. The van der Waals surface area contributed by atoms with Crippen LogP contribution in [0, 0.1) is 12.8 Å². The number of rotatable bonds is 3. The average molecular weight is 310 g/mol. The molecule has 2 aliphatic rings. The summed E-state index contributed by atoms with van der Waals surface area (Å²) in [6, 6.07) is 11.9. The van der Waals surface area contributed by atoms with Crippen molar-refractivity contribution < 1.29 is 9.21 Å². The smallest absolute Gasteiger partial charge is 0.287 e. The molecule has 120 valence electrons. The number of nitrogens with zero attached hydrogens (tertiary/aromatic N) is 1. The van der Waals surface area contributed by atoms with E-state index >= 15 is 0 Å². The van der Waals surface area contributed by atoms with E-state index in [4.69, 9.17) is 4.42 Å². The molecule has 23 heavy (non-hydrogen) atoms. The Labute approximate surface area is 136 Å². The number of hydrogen-bond acceptors (Lipinski definition) is 3. The van der Waals surface area contributed by atoms with Gasteiger partial charge in [-0.25, -0.2) is 0 Å². The SMILES string of the molecule is Cc1ccccc1-c1ccc(C(=O)N[C@H]2C[C@H]3CCN(C3)C2)o1. The zero-order chi connectivity index (χ0) is 15.8. The summed E-state index contributed by atoms with van der Waals surface area (Å²) in [6.45, 7) is 5.39. The normalized spacial score (nSPS) is 26.2. The van der Waals surface area contributed by atoms with Crippen molar-refractivity contribution in [2.45, 2.75) is 25.8 Å². The van der Waals surface area contributed by atoms with Crippen LogP contribution in [0.2, 0.25) is 0 Å². The minimum Gasteiger partial charge on any atom is -0.451 e. The quantitative estimate of drug-likeness (QED) is 0.947. The van der Waals surface area contributed by atoms with Crippen LogP contribution in [-0.2, 0) is 0 Å². The number of piperidine rings is 1. The number of furan rings is 1. The molecule has 1 unspecified atom stereocenters. The molecule has 1 aromatic carbocycles. The monoisotopic (exact) mass is 310 g/mol. The van der Waals surface area contributed by atoms with E-state index in [1.165, 1.54) is 19.5 Å². The number of carbonyl (C=O) groups is 1. The summed E-state index contributed by atoms with van der Waals surface area (Å²) in [5.74, 6) is 1.79. The predicted octanol–water partition coefficient (Wildman–Crippen LogP) is 3.08. The molecule has 4 nitrogen and oxygen atoms in total. The van der Waals surface area contributed by atoms with Gasteiger partial charge < -0.3 is 14.6 Å². The van der Waals surface area contributed by atoms with Crippen LogP contribution in [0.4, 0.5) is 0 Å². The molecule has 4 rings (SSSR count). The fourth-order valence-electron chi connectivity index (χ4n) is 3.87. The van der Waals surface area contributed by atoms with Crippen molar-refractivity contribution >= 4 is 5.91 Å². The summed E-state index contributed by atoms with van der Waals surface area (Å²) in [5, 5.41) is 3.14. The molecule has 1 N–H and O–H groups in total. The van der Waals surface area contributed by atoms with Gasteiger partial charge in [-0.15, -0.1) is 0 Å². The number of fused-ring (bicyclic) bond motifs is 2. The number of nitrogens with one attached hydrogen (secondary N) is 1. The van der Waals surface area contributed by atoms with Gasteiger partial charge in [-0.2, -0.15) is 0 Å². The Bertz CT molecular complexity index is 710. The molecule has 2 aromatic rings. The third kappa shape index (κ3) is 2.91. The number of benzene rings is 1. The zero-order valence-electron chi connectivity index (χ0n) is 13.4. The van der Waals surface area contributed by atoms with E-state index in [-0.39, 0.29) is 11.9 Å². The van der Waals surface area contributed by atoms with Crippen molar-refractivity contribution in [1.29, 1.82) is 0 Å². The van der Waals surface area contributed by atoms with Crippen LogP contribution in [0.25, 0.3) is 11.3 Å². The van der Waals surface area contributed by atoms with Gasteiger partial charge in [-0.3, -0.25) is 4.79 Å². The molecular formula is C19H22N2O2. The molecule has 3 heterocycles. The first kappa shape index (κ1) is 14.5. The standard InChI is InChI=1S/C19H22N2O2/c1-13-4-2-3-5-16(13)17-6-7-18(23-17)19(22)20-15-10-14-8-9-21(11-14)12-15/h2-7,14-15H,8-12H2,1H3,(H,20,22)/t14-,15+/m1/s1. The molecule has 1 amide bonds. The minimum absolute atomic E-state index is 0.0997. The predicted molar refractivity (Wildman–Crippen MR) is 89.3 cm³/mol. The Kier molecular flexibility index (Phi) is 3.69. The van der Waals surface area contributed by atoms with E-state index < -0.39 is 0 Å². The molecule has 2 saturated heterocycles. The van der Waals surface area contributed by atoms with Gasteiger partial charge in [0.2, 0.25) is 0 Å². The van der Waals surface area contributed by atoms with E-state index in [0.29, 0.717) is 5.76 Å². The van der Waals surface area contributed by atoms with Gasteiger partial charge in [0.25, 0.3) is 5.91 Å². The van der Waals surface area contributed by atoms with Crippen LogP contribution < -0.4 is 5.32 Å². The Morgan fingerprint density at radius 1 is 1.22 bits per heavy atom. The number of aryl methyl sites for hydroxylation is 1. The van der Waals surface area contributed by atoms with E-state index in [0.717, 1.165) is 35.8 Å². The van der Waals surface area contributed by atoms with Crippen molar-refractivity contribution in [3.05, 3.63) is 47.7 Å². The van der Waals surface area contributed by atoms with Crippen LogP contribution in [0.3, 0.4) is 0 Å². The van der Waals surface area contributed by atoms with Gasteiger partial charge in [0, 0.05) is 24.7 Å². The summed E-state index contributed by atoms with van der Waals surface area (Å²) < 4.78 is 5.80. The summed E-state index contributed by atoms with van der Waals surface area (Å²) >= 11 is 0. The molecule has 4 heteroatoms. The van der Waals surface area contributed by atoms with Crippen LogP contribution >= 0.6 is 0 Å². The maximum absolute atomic E-state index is 12.5. The molecule has 1 aromatic heterocycles. The lowest BCUT2D eigenvalue weighted by Crippen LogP contribution is -2.46. The largest absolute Gasteiger partial charge is 0.451 e. The van der Waals surface area contributed by atoms with Crippen molar-refractivity contribution in [2.75, 3.05) is 19.6 Å². The van der Waals surface area contributed by atoms with Crippen LogP contribution in [0.1, 0.15) is 29.0 Å². The lowest BCUT2D eigenvalue weighted by Gasteiger charge is -2.30. The fourth-order valence-corrected chi connectivity index (χ4v) is 3.87. The number of amides is 1. The highest BCUT2D eigenvalue weighted by atomic mass is 16.3. The van der Waals surface area contributed by atoms with Gasteiger partial charge in [0.15, 0.2) is 5.76 Å². The highest BCUT2D eigenvalue weighted by molar-refractivity contribution is 5.92. The zero-order valence-corrected chi connectivity index (χ0v) is 13.4. The second-order valence-corrected chi connectivity index (χ2v) is 6.80. The third-order valence-corrected chi connectivity index (χ3v) is 5.04. The molecule has 2 aliphatic heterocycles. The molecule has 0 spiro atoms. The summed E-state index contributed by atoms with van der Waals surface area (Å²) in [6.07, 6.45) is 2.36. The average Bonchev–Trinajstić information content (AvgIpc) is 3.15. The topological polar surface area (TPSA) is 45.5 Å². The Morgan fingerprint density at radius 2 is 2.09 bits per heavy atom. The first-order valence-electron chi connectivity index (χ1n) is 8.38. The fraction of sp³-hybridized carbons (Fsp3) is 0.421. The lowest BCUT2D eigenvalue weighted by molar-refractivity contribution is 0.0882. The Morgan fingerprint density at radius 3 is 2.91 bits per heavy atom. The summed E-state index contributed by atoms with van der Waals surface area (Å²) in [5.41, 5.74) is 2.18. The van der Waals surface area contributed by atoms with Crippen LogP contribution in [-0.4, -0.2) is 36.5 Å². The lowest BCUT2D eigenvalue weighted by atomic mass is 9.97. The number of hydrogen-bond donors (Lipinski definition) is 1. The first-order chi connectivity index (χ1) is 11.2. The van der Waals surface area contributed by atoms with Crippen molar-refractivity contribution in [2.24, 2.45) is 5.92 Å². The van der Waals surface area contributed by atoms with E-state index in [2.05, 4.69) is 10.2 Å². The Balaban J connectivity index is 1.46. The van der Waals surface area contributed by atoms with Gasteiger partial charge in [-0.1, -0.05) is 24.3 Å². The molecule has 3 atom stereocenters. The van der Waals surface area contributed by atoms with Gasteiger partial charge in [-0.05, 0) is 49.9 Å². The maximum atomic E-state index is 12.5. The molecule has 0 saturated carbocycles. The molecular weight excluding hydrogens is 288 g/mol. The van der Waals surface area contributed by atoms with Gasteiger partial charge in [0.05, 0.1) is 0 Å². The molecule has 2 bridgehead atoms. The maximum Gasteiger partial charge on any atom is 0.287 e. The third-order valence-electron chi connectivity index (χ3n) is 5.04. The van der Waals surface area contributed by atoms with Gasteiger partial charge in [0.1, 0.15) is 5.76 Å². The summed E-state index contributed by atoms with van der Waals surface area (Å²) in [4.78, 5) is 14.9.